The number of hydrogen-bond acceptors (Lipinski definition) is 4. The van der Waals surface area contributed by atoms with Gasteiger partial charge in [-0.1, -0.05) is 19.3 Å². The van der Waals surface area contributed by atoms with Crippen molar-refractivity contribution in [2.75, 3.05) is 0 Å². The molecule has 0 spiro atoms. The van der Waals surface area contributed by atoms with Crippen molar-refractivity contribution in [2.24, 2.45) is 0 Å². The van der Waals surface area contributed by atoms with E-state index in [9.17, 15) is 0 Å². The molecule has 4 N–H and O–H groups in total. The Labute approximate surface area is 97.3 Å². The van der Waals surface area contributed by atoms with Gasteiger partial charge in [-0.05, 0) is 12.8 Å². The van der Waals surface area contributed by atoms with Gasteiger partial charge < -0.3 is 20.4 Å². The zero-order chi connectivity index (χ0) is 10.3. The zero-order valence-electron chi connectivity index (χ0n) is 8.09. The van der Waals surface area contributed by atoms with Crippen molar-refractivity contribution in [3.05, 3.63) is 0 Å². The van der Waals surface area contributed by atoms with E-state index in [-0.39, 0.29) is 29.2 Å². The molecule has 2 atom stereocenters. The topological polar surface area (TPSA) is 80.9 Å². The minimum Gasteiger partial charge on any atom is -0.389 e. The molecule has 88 valence electrons. The Morgan fingerprint density at radius 2 is 1.50 bits per heavy atom. The molecule has 0 aliphatic carbocycles. The van der Waals surface area contributed by atoms with E-state index >= 15 is 0 Å². The predicted molar refractivity (Wildman–Crippen MR) is 63.1 cm³/mol. The van der Waals surface area contributed by atoms with Crippen LogP contribution in [0.4, 0.5) is 0 Å². The van der Waals surface area contributed by atoms with Gasteiger partial charge >= 0.3 is 0 Å². The molecule has 0 bridgehead atoms. The van der Waals surface area contributed by atoms with Crippen molar-refractivity contribution in [3.8, 4) is 0 Å². The summed E-state index contributed by atoms with van der Waals surface area (Å²) in [7, 11) is 2.31. The lowest BCUT2D eigenvalue weighted by Gasteiger charge is -2.13. The highest BCUT2D eigenvalue weighted by molar-refractivity contribution is 8.93. The molecule has 0 saturated heterocycles. The van der Waals surface area contributed by atoms with Crippen molar-refractivity contribution in [2.45, 2.75) is 50.3 Å². The lowest BCUT2D eigenvalue weighted by Crippen LogP contribution is -2.26. The van der Waals surface area contributed by atoms with Crippen LogP contribution in [0.5, 0.6) is 0 Å². The van der Waals surface area contributed by atoms with Crippen LogP contribution in [-0.4, -0.2) is 32.2 Å². The molecule has 0 aromatic heterocycles. The zero-order valence-corrected chi connectivity index (χ0v) is 11.0. The third-order valence-corrected chi connectivity index (χ3v) is 2.10. The van der Waals surface area contributed by atoms with E-state index in [4.69, 9.17) is 20.4 Å². The summed E-state index contributed by atoms with van der Waals surface area (Å²) in [5.41, 5.74) is 0. The highest BCUT2D eigenvalue weighted by Crippen LogP contribution is 2.13. The quantitative estimate of drug-likeness (QED) is 0.317. The molecule has 0 heterocycles. The number of halogens is 1. The lowest BCUT2D eigenvalue weighted by atomic mass is 10.1. The summed E-state index contributed by atoms with van der Waals surface area (Å²) < 4.78 is 0. The Morgan fingerprint density at radius 3 is 1.93 bits per heavy atom. The van der Waals surface area contributed by atoms with Gasteiger partial charge in [0.25, 0.3) is 5.97 Å². The first-order valence-corrected chi connectivity index (χ1v) is 5.19. The smallest absolute Gasteiger partial charge is 0.275 e. The molecule has 0 aromatic carbocycles. The second kappa shape index (κ2) is 9.01. The second-order valence-electron chi connectivity index (χ2n) is 3.29. The SMILES string of the molecule is Br.OC(P)CCCCCCC(O)(O)O. The molecule has 0 aromatic rings. The van der Waals surface area contributed by atoms with Gasteiger partial charge in [0.1, 0.15) is 0 Å². The van der Waals surface area contributed by atoms with E-state index in [1.807, 2.05) is 0 Å². The molecule has 4 nitrogen and oxygen atoms in total. The first-order valence-electron chi connectivity index (χ1n) is 4.52. The molecule has 0 aliphatic rings. The molecular formula is C8H20BrO4P. The summed E-state index contributed by atoms with van der Waals surface area (Å²) in [5.74, 6) is -2.85. The van der Waals surface area contributed by atoms with E-state index in [2.05, 4.69) is 9.24 Å². The van der Waals surface area contributed by atoms with Crippen molar-refractivity contribution in [1.29, 1.82) is 0 Å². The maximum Gasteiger partial charge on any atom is 0.275 e. The third-order valence-electron chi connectivity index (χ3n) is 1.76. The average molecular weight is 291 g/mol. The summed E-state index contributed by atoms with van der Waals surface area (Å²) in [5, 5.41) is 34.5. The number of aliphatic hydroxyl groups is 4. The monoisotopic (exact) mass is 290 g/mol. The summed E-state index contributed by atoms with van der Waals surface area (Å²) in [6.45, 7) is 0. The Hall–Kier alpha value is 0.750. The van der Waals surface area contributed by atoms with Crippen LogP contribution in [0, 0.1) is 0 Å². The predicted octanol–water partition coefficient (Wildman–Crippen LogP) is 0.729. The van der Waals surface area contributed by atoms with Crippen LogP contribution in [0.3, 0.4) is 0 Å². The molecule has 0 saturated carbocycles. The van der Waals surface area contributed by atoms with Crippen LogP contribution < -0.4 is 0 Å². The number of aliphatic hydroxyl groups excluding tert-OH is 1. The van der Waals surface area contributed by atoms with Crippen LogP contribution in [-0.2, 0) is 0 Å². The number of hydrogen-bond donors (Lipinski definition) is 4. The van der Waals surface area contributed by atoms with Gasteiger partial charge in [-0.15, -0.1) is 26.2 Å². The summed E-state index contributed by atoms with van der Waals surface area (Å²) in [4.78, 5) is 0. The van der Waals surface area contributed by atoms with Gasteiger partial charge in [0.15, 0.2) is 0 Å². The van der Waals surface area contributed by atoms with Gasteiger partial charge in [-0.2, -0.15) is 0 Å². The van der Waals surface area contributed by atoms with Crippen LogP contribution in [0.2, 0.25) is 0 Å². The Bertz CT molecular complexity index is 127. The fraction of sp³-hybridized carbons (Fsp3) is 1.00. The fourth-order valence-electron chi connectivity index (χ4n) is 1.07. The molecule has 6 heteroatoms. The summed E-state index contributed by atoms with van der Waals surface area (Å²) in [6.07, 6.45) is 3.99. The second-order valence-corrected chi connectivity index (χ2v) is 4.06. The molecule has 0 amide bonds. The van der Waals surface area contributed by atoms with Crippen LogP contribution in [0.15, 0.2) is 0 Å². The van der Waals surface area contributed by atoms with E-state index in [0.717, 1.165) is 25.7 Å². The molecular weight excluding hydrogens is 271 g/mol. The van der Waals surface area contributed by atoms with Crippen LogP contribution >= 0.6 is 26.2 Å². The van der Waals surface area contributed by atoms with Crippen molar-refractivity contribution < 1.29 is 20.4 Å². The van der Waals surface area contributed by atoms with Crippen molar-refractivity contribution in [3.63, 3.8) is 0 Å². The van der Waals surface area contributed by atoms with E-state index in [1.165, 1.54) is 0 Å². The van der Waals surface area contributed by atoms with E-state index in [0.29, 0.717) is 6.42 Å². The Morgan fingerprint density at radius 1 is 1.00 bits per heavy atom. The highest BCUT2D eigenvalue weighted by Gasteiger charge is 2.16. The van der Waals surface area contributed by atoms with E-state index in [1.54, 1.807) is 0 Å². The van der Waals surface area contributed by atoms with Gasteiger partial charge in [0.05, 0.1) is 5.85 Å². The van der Waals surface area contributed by atoms with E-state index < -0.39 is 5.97 Å². The summed E-state index contributed by atoms with van der Waals surface area (Å²) >= 11 is 0. The Kier molecular flexibility index (Phi) is 11.0. The highest BCUT2D eigenvalue weighted by atomic mass is 79.9. The number of unbranched alkanes of at least 4 members (excludes halogenated alkanes) is 3. The molecule has 0 radical (unpaired) electrons. The minimum atomic E-state index is -2.51. The van der Waals surface area contributed by atoms with Gasteiger partial charge in [0, 0.05) is 6.42 Å². The molecule has 0 rings (SSSR count). The molecule has 0 aliphatic heterocycles. The lowest BCUT2D eigenvalue weighted by molar-refractivity contribution is -0.315. The van der Waals surface area contributed by atoms with Crippen LogP contribution in [0.1, 0.15) is 38.5 Å². The van der Waals surface area contributed by atoms with Gasteiger partial charge in [0.2, 0.25) is 0 Å². The Balaban J connectivity index is 0. The summed E-state index contributed by atoms with van der Waals surface area (Å²) in [6, 6.07) is 0. The largest absolute Gasteiger partial charge is 0.389 e. The third kappa shape index (κ3) is 15.2. The standard InChI is InChI=1S/C8H19O4P.BrH/c9-7(13)5-3-1-2-4-6-8(10,11)12;/h7,9-12H,1-6,13H2;1H. The van der Waals surface area contributed by atoms with Gasteiger partial charge in [-0.3, -0.25) is 0 Å². The minimum absolute atomic E-state index is 0. The van der Waals surface area contributed by atoms with Crippen LogP contribution in [0.25, 0.3) is 0 Å². The van der Waals surface area contributed by atoms with Gasteiger partial charge in [-0.25, -0.2) is 0 Å². The average Bonchev–Trinajstić information content (AvgIpc) is 1.93. The maximum absolute atomic E-state index is 8.88. The first-order chi connectivity index (χ1) is 5.92. The molecule has 0 fully saturated rings. The van der Waals surface area contributed by atoms with Crippen molar-refractivity contribution >= 4 is 26.2 Å². The molecule has 14 heavy (non-hydrogen) atoms. The fourth-order valence-corrected chi connectivity index (χ4v) is 1.30. The maximum atomic E-state index is 8.88. The molecule has 2 unspecified atom stereocenters. The number of rotatable bonds is 7. The normalized spacial score (nSPS) is 13.5. The van der Waals surface area contributed by atoms with Crippen molar-refractivity contribution in [1.82, 2.24) is 0 Å². The first kappa shape index (κ1) is 17.2.